The first-order chi connectivity index (χ1) is 14.9. The molecule has 2 aromatic rings. The zero-order chi connectivity index (χ0) is 22.4. The van der Waals surface area contributed by atoms with E-state index in [9.17, 15) is 9.59 Å². The largest absolute Gasteiger partial charge is 0.493 e. The van der Waals surface area contributed by atoms with Crippen molar-refractivity contribution in [1.82, 2.24) is 5.32 Å². The summed E-state index contributed by atoms with van der Waals surface area (Å²) >= 11 is 1.02. The molecular weight excluding hydrogens is 422 g/mol. The average molecular weight is 443 g/mol. The lowest BCUT2D eigenvalue weighted by Crippen LogP contribution is -2.20. The third-order valence-electron chi connectivity index (χ3n) is 4.08. The Morgan fingerprint density at radius 1 is 1.13 bits per heavy atom. The molecule has 1 heterocycles. The van der Waals surface area contributed by atoms with Gasteiger partial charge in [-0.3, -0.25) is 9.59 Å². The Labute approximate surface area is 183 Å². The number of nitrogens with one attached hydrogen (secondary N) is 1. The zero-order valence-electron chi connectivity index (χ0n) is 17.1. The van der Waals surface area contributed by atoms with Crippen molar-refractivity contribution in [2.24, 2.45) is 10.7 Å². The number of carbonyl (C=O) groups is 2. The predicted molar refractivity (Wildman–Crippen MR) is 118 cm³/mol. The molecule has 1 saturated heterocycles. The van der Waals surface area contributed by atoms with Crippen LogP contribution in [0.4, 0.5) is 10.5 Å². The zero-order valence-corrected chi connectivity index (χ0v) is 17.9. The van der Waals surface area contributed by atoms with E-state index in [0.29, 0.717) is 39.4 Å². The van der Waals surface area contributed by atoms with Gasteiger partial charge in [-0.1, -0.05) is 12.1 Å². The summed E-state index contributed by atoms with van der Waals surface area (Å²) in [6, 6.07) is 10.4. The second kappa shape index (κ2) is 9.90. The summed E-state index contributed by atoms with van der Waals surface area (Å²) in [5.74, 6) is 1.64. The van der Waals surface area contributed by atoms with Crippen molar-refractivity contribution in [2.75, 3.05) is 27.9 Å². The highest BCUT2D eigenvalue weighted by Crippen LogP contribution is 2.41. The van der Waals surface area contributed by atoms with Gasteiger partial charge in [0.1, 0.15) is 11.6 Å². The van der Waals surface area contributed by atoms with E-state index in [-0.39, 0.29) is 11.8 Å². The second-order valence-electron chi connectivity index (χ2n) is 6.19. The van der Waals surface area contributed by atoms with Crippen LogP contribution < -0.4 is 30.0 Å². The summed E-state index contributed by atoms with van der Waals surface area (Å²) in [6.45, 7) is -0.220. The van der Waals surface area contributed by atoms with Gasteiger partial charge in [0, 0.05) is 12.1 Å². The molecule has 9 nitrogen and oxygen atoms in total. The molecule has 10 heteroatoms. The number of primary amides is 1. The number of ether oxygens (including phenoxy) is 4. The minimum atomic E-state index is -0.565. The number of nitrogens with zero attached hydrogens (tertiary/aromatic N) is 1. The number of thioether (sulfide) groups is 1. The molecule has 0 bridgehead atoms. The molecule has 1 aliphatic heterocycles. The van der Waals surface area contributed by atoms with E-state index in [2.05, 4.69) is 10.3 Å². The summed E-state index contributed by atoms with van der Waals surface area (Å²) in [4.78, 5) is 28.1. The van der Waals surface area contributed by atoms with Gasteiger partial charge in [-0.05, 0) is 35.5 Å². The minimum absolute atomic E-state index is 0.220. The maximum atomic E-state index is 12.0. The average Bonchev–Trinajstić information content (AvgIpc) is 3.10. The van der Waals surface area contributed by atoms with Crippen LogP contribution in [-0.4, -0.2) is 44.9 Å². The van der Waals surface area contributed by atoms with Gasteiger partial charge in [0.05, 0.1) is 31.9 Å². The molecular formula is C21H21N3O6S. The third kappa shape index (κ3) is 5.48. The molecule has 3 rings (SSSR count). The smallest absolute Gasteiger partial charge is 0.289 e. The lowest BCUT2D eigenvalue weighted by atomic mass is 10.2. The standard InChI is InChI=1S/C21H21N3O6S/c1-27-15-9-13(10-16(28-2)19(15)29-3)23-20-17(31-21(26)24-20)8-12-5-4-6-14(7-12)30-11-18(22)25/h4-10H,11H2,1-3H3,(H2,22,25)(H,23,24,26). The van der Waals surface area contributed by atoms with Crippen molar-refractivity contribution >= 4 is 40.5 Å². The topological polar surface area (TPSA) is 121 Å². The Morgan fingerprint density at radius 2 is 1.84 bits per heavy atom. The van der Waals surface area contributed by atoms with Gasteiger partial charge in [0.2, 0.25) is 5.75 Å². The van der Waals surface area contributed by atoms with E-state index < -0.39 is 5.91 Å². The van der Waals surface area contributed by atoms with Crippen LogP contribution in [0.2, 0.25) is 0 Å². The minimum Gasteiger partial charge on any atom is -0.493 e. The Balaban J connectivity index is 1.95. The lowest BCUT2D eigenvalue weighted by molar-refractivity contribution is -0.119. The number of benzene rings is 2. The number of amides is 2. The number of carbonyl (C=O) groups excluding carboxylic acids is 2. The molecule has 0 saturated carbocycles. The van der Waals surface area contributed by atoms with Gasteiger partial charge in [-0.25, -0.2) is 4.99 Å². The molecule has 0 atom stereocenters. The SMILES string of the molecule is COc1cc(N=C2NC(=O)SC2=Cc2cccc(OCC(N)=O)c2)cc(OC)c1OC. The number of rotatable bonds is 8. The highest BCUT2D eigenvalue weighted by molar-refractivity contribution is 8.18. The molecule has 2 amide bonds. The first-order valence-corrected chi connectivity index (χ1v) is 9.86. The highest BCUT2D eigenvalue weighted by atomic mass is 32.2. The third-order valence-corrected chi connectivity index (χ3v) is 4.90. The van der Waals surface area contributed by atoms with E-state index >= 15 is 0 Å². The number of aliphatic imine (C=N–C) groups is 1. The molecule has 2 aromatic carbocycles. The number of nitrogens with two attached hydrogens (primary N) is 1. The monoisotopic (exact) mass is 443 g/mol. The van der Waals surface area contributed by atoms with Gasteiger partial charge < -0.3 is 30.0 Å². The van der Waals surface area contributed by atoms with Crippen molar-refractivity contribution in [3.05, 3.63) is 46.9 Å². The molecule has 0 spiro atoms. The molecule has 31 heavy (non-hydrogen) atoms. The maximum absolute atomic E-state index is 12.0. The fourth-order valence-corrected chi connectivity index (χ4v) is 3.51. The molecule has 1 aliphatic rings. The van der Waals surface area contributed by atoms with Crippen LogP contribution in [0.5, 0.6) is 23.0 Å². The van der Waals surface area contributed by atoms with Crippen molar-refractivity contribution in [3.8, 4) is 23.0 Å². The van der Waals surface area contributed by atoms with Crippen LogP contribution in [0.3, 0.4) is 0 Å². The maximum Gasteiger partial charge on any atom is 0.289 e. The van der Waals surface area contributed by atoms with Crippen LogP contribution in [-0.2, 0) is 4.79 Å². The first kappa shape index (κ1) is 22.0. The van der Waals surface area contributed by atoms with Gasteiger partial charge in [0.25, 0.3) is 11.1 Å². The van der Waals surface area contributed by atoms with Crippen LogP contribution >= 0.6 is 11.8 Å². The quantitative estimate of drug-likeness (QED) is 0.643. The summed E-state index contributed by atoms with van der Waals surface area (Å²) in [6.07, 6.45) is 1.79. The fourth-order valence-electron chi connectivity index (χ4n) is 2.77. The molecule has 0 aliphatic carbocycles. The molecule has 0 aromatic heterocycles. The van der Waals surface area contributed by atoms with Crippen molar-refractivity contribution < 1.29 is 28.5 Å². The summed E-state index contributed by atoms with van der Waals surface area (Å²) in [7, 11) is 4.54. The Hall–Kier alpha value is -3.66. The Morgan fingerprint density at radius 3 is 2.45 bits per heavy atom. The number of hydrogen-bond donors (Lipinski definition) is 2. The molecule has 3 N–H and O–H groups in total. The Bertz CT molecular complexity index is 1040. The van der Waals surface area contributed by atoms with Crippen LogP contribution in [0.1, 0.15) is 5.56 Å². The van der Waals surface area contributed by atoms with E-state index in [4.69, 9.17) is 24.7 Å². The van der Waals surface area contributed by atoms with Gasteiger partial charge >= 0.3 is 0 Å². The van der Waals surface area contributed by atoms with Gasteiger partial charge in [0.15, 0.2) is 18.1 Å². The lowest BCUT2D eigenvalue weighted by Gasteiger charge is -2.12. The normalized spacial score (nSPS) is 15.6. The summed E-state index contributed by atoms with van der Waals surface area (Å²) in [5, 5.41) is 2.48. The van der Waals surface area contributed by atoms with E-state index in [1.807, 2.05) is 6.07 Å². The van der Waals surface area contributed by atoms with E-state index in [1.165, 1.54) is 21.3 Å². The number of amidine groups is 1. The second-order valence-corrected chi connectivity index (χ2v) is 7.21. The predicted octanol–water partition coefficient (Wildman–Crippen LogP) is 3.10. The summed E-state index contributed by atoms with van der Waals surface area (Å²) < 4.78 is 21.4. The molecule has 0 unspecified atom stereocenters. The number of hydrogen-bond acceptors (Lipinski definition) is 8. The first-order valence-electron chi connectivity index (χ1n) is 9.04. The highest BCUT2D eigenvalue weighted by Gasteiger charge is 2.24. The number of methoxy groups -OCH3 is 3. The van der Waals surface area contributed by atoms with Crippen molar-refractivity contribution in [2.45, 2.75) is 0 Å². The van der Waals surface area contributed by atoms with Crippen LogP contribution in [0.25, 0.3) is 6.08 Å². The molecule has 1 fully saturated rings. The molecule has 162 valence electrons. The Kier molecular flexibility index (Phi) is 7.03. The van der Waals surface area contributed by atoms with Crippen molar-refractivity contribution in [3.63, 3.8) is 0 Å². The fraction of sp³-hybridized carbons (Fsp3) is 0.190. The summed E-state index contributed by atoms with van der Waals surface area (Å²) in [5.41, 5.74) is 6.38. The van der Waals surface area contributed by atoms with Crippen molar-refractivity contribution in [1.29, 1.82) is 0 Å². The van der Waals surface area contributed by atoms with E-state index in [0.717, 1.165) is 17.3 Å². The van der Waals surface area contributed by atoms with Crippen LogP contribution in [0, 0.1) is 0 Å². The molecule has 0 radical (unpaired) electrons. The van der Waals surface area contributed by atoms with Gasteiger partial charge in [-0.2, -0.15) is 0 Å². The van der Waals surface area contributed by atoms with Crippen LogP contribution in [0.15, 0.2) is 46.3 Å². The van der Waals surface area contributed by atoms with Gasteiger partial charge in [-0.15, -0.1) is 0 Å². The van der Waals surface area contributed by atoms with E-state index in [1.54, 1.807) is 36.4 Å².